The Hall–Kier alpha value is -2.27. The zero-order valence-corrected chi connectivity index (χ0v) is 13.6. The van der Waals surface area contributed by atoms with E-state index in [0.29, 0.717) is 18.2 Å². The summed E-state index contributed by atoms with van der Waals surface area (Å²) in [7, 11) is 0. The van der Waals surface area contributed by atoms with E-state index >= 15 is 0 Å². The lowest BCUT2D eigenvalue weighted by molar-refractivity contribution is -0.143. The molecule has 5 nitrogen and oxygen atoms in total. The van der Waals surface area contributed by atoms with Crippen molar-refractivity contribution in [1.82, 2.24) is 4.90 Å². The fourth-order valence-corrected chi connectivity index (χ4v) is 2.30. The van der Waals surface area contributed by atoms with Crippen molar-refractivity contribution < 1.29 is 18.7 Å². The molecule has 0 aliphatic heterocycles. The van der Waals surface area contributed by atoms with Crippen molar-refractivity contribution in [1.29, 1.82) is 0 Å². The van der Waals surface area contributed by atoms with Crippen molar-refractivity contribution in [3.05, 3.63) is 59.0 Å². The van der Waals surface area contributed by atoms with Crippen molar-refractivity contribution in [3.63, 3.8) is 0 Å². The molecule has 0 bridgehead atoms. The minimum absolute atomic E-state index is 0.116. The molecule has 2 aromatic rings. The molecule has 6 heteroatoms. The van der Waals surface area contributed by atoms with E-state index in [4.69, 9.17) is 20.8 Å². The van der Waals surface area contributed by atoms with Crippen LogP contribution in [0.15, 0.2) is 47.1 Å². The molecule has 0 radical (unpaired) electrons. The van der Waals surface area contributed by atoms with E-state index in [1.54, 1.807) is 25.1 Å². The Morgan fingerprint density at radius 1 is 1.22 bits per heavy atom. The van der Waals surface area contributed by atoms with Gasteiger partial charge >= 0.3 is 5.97 Å². The molecule has 2 rings (SSSR count). The summed E-state index contributed by atoms with van der Waals surface area (Å²) in [5.41, 5.74) is 0.804. The maximum atomic E-state index is 12.5. The molecule has 0 saturated carbocycles. The predicted molar refractivity (Wildman–Crippen MR) is 86.2 cm³/mol. The molecule has 0 N–H and O–H groups in total. The number of esters is 1. The fourth-order valence-electron chi connectivity index (χ4n) is 2.10. The second kappa shape index (κ2) is 8.39. The average molecular weight is 336 g/mol. The first-order chi connectivity index (χ1) is 11.1. The Morgan fingerprint density at radius 2 is 2.00 bits per heavy atom. The van der Waals surface area contributed by atoms with Crippen LogP contribution in [0.25, 0.3) is 0 Å². The second-order valence-corrected chi connectivity index (χ2v) is 5.26. The molecule has 0 aliphatic rings. The Labute approximate surface area is 139 Å². The van der Waals surface area contributed by atoms with E-state index in [1.165, 1.54) is 11.2 Å². The Kier molecular flexibility index (Phi) is 6.23. The standard InChI is InChI=1S/C17H18ClNO4/c1-2-22-16(20)9-10-19(17(21)15-8-5-11-23-15)12-13-6-3-4-7-14(13)18/h3-8,11H,2,9-10,12H2,1H3. The van der Waals surface area contributed by atoms with Crippen LogP contribution in [0.1, 0.15) is 29.5 Å². The number of halogens is 1. The third-order valence-corrected chi connectivity index (χ3v) is 3.60. The number of amides is 1. The van der Waals surface area contributed by atoms with Crippen LogP contribution in [0.2, 0.25) is 5.02 Å². The minimum atomic E-state index is -0.344. The summed E-state index contributed by atoms with van der Waals surface area (Å²) in [4.78, 5) is 25.6. The molecule has 1 amide bonds. The van der Waals surface area contributed by atoms with Crippen LogP contribution in [0, 0.1) is 0 Å². The van der Waals surface area contributed by atoms with E-state index in [2.05, 4.69) is 0 Å². The number of rotatable bonds is 7. The van der Waals surface area contributed by atoms with Gasteiger partial charge in [-0.1, -0.05) is 29.8 Å². The van der Waals surface area contributed by atoms with Crippen LogP contribution < -0.4 is 0 Å². The second-order valence-electron chi connectivity index (χ2n) is 4.85. The molecule has 1 heterocycles. The number of ether oxygens (including phenoxy) is 1. The summed E-state index contributed by atoms with van der Waals surface area (Å²) in [5, 5.41) is 0.570. The van der Waals surface area contributed by atoms with Gasteiger partial charge in [0.25, 0.3) is 5.91 Å². The minimum Gasteiger partial charge on any atom is -0.466 e. The van der Waals surface area contributed by atoms with E-state index < -0.39 is 0 Å². The first-order valence-electron chi connectivity index (χ1n) is 7.33. The van der Waals surface area contributed by atoms with Crippen molar-refractivity contribution in [3.8, 4) is 0 Å². The monoisotopic (exact) mass is 335 g/mol. The highest BCUT2D eigenvalue weighted by atomic mass is 35.5. The smallest absolute Gasteiger partial charge is 0.307 e. The van der Waals surface area contributed by atoms with Crippen LogP contribution in [-0.2, 0) is 16.1 Å². The van der Waals surface area contributed by atoms with Crippen molar-refractivity contribution >= 4 is 23.5 Å². The summed E-state index contributed by atoms with van der Waals surface area (Å²) in [6.07, 6.45) is 1.55. The zero-order chi connectivity index (χ0) is 16.7. The van der Waals surface area contributed by atoms with Gasteiger partial charge in [-0.05, 0) is 30.7 Å². The molecule has 0 saturated heterocycles. The molecule has 122 valence electrons. The molecular weight excluding hydrogens is 318 g/mol. The molecule has 1 aromatic carbocycles. The van der Waals surface area contributed by atoms with Gasteiger partial charge in [0.15, 0.2) is 5.76 Å². The maximum absolute atomic E-state index is 12.5. The van der Waals surface area contributed by atoms with E-state index in [1.807, 2.05) is 18.2 Å². The lowest BCUT2D eigenvalue weighted by atomic mass is 10.2. The first kappa shape index (κ1) is 17.1. The van der Waals surface area contributed by atoms with E-state index in [9.17, 15) is 9.59 Å². The fraction of sp³-hybridized carbons (Fsp3) is 0.294. The molecule has 0 unspecified atom stereocenters. The lowest BCUT2D eigenvalue weighted by Gasteiger charge is -2.22. The van der Waals surface area contributed by atoms with Crippen molar-refractivity contribution in [2.24, 2.45) is 0 Å². The number of hydrogen-bond acceptors (Lipinski definition) is 4. The molecule has 23 heavy (non-hydrogen) atoms. The van der Waals surface area contributed by atoms with Crippen molar-refractivity contribution in [2.45, 2.75) is 19.9 Å². The summed E-state index contributed by atoms with van der Waals surface area (Å²) >= 11 is 6.16. The van der Waals surface area contributed by atoms with Gasteiger partial charge in [0, 0.05) is 18.1 Å². The summed E-state index contributed by atoms with van der Waals surface area (Å²) in [6, 6.07) is 10.5. The quantitative estimate of drug-likeness (QED) is 0.726. The summed E-state index contributed by atoms with van der Waals surface area (Å²) < 4.78 is 10.1. The van der Waals surface area contributed by atoms with Gasteiger partial charge in [-0.2, -0.15) is 0 Å². The van der Waals surface area contributed by atoms with Crippen LogP contribution in [-0.4, -0.2) is 29.9 Å². The molecule has 0 fully saturated rings. The highest BCUT2D eigenvalue weighted by molar-refractivity contribution is 6.31. The SMILES string of the molecule is CCOC(=O)CCN(Cc1ccccc1Cl)C(=O)c1ccco1. The first-order valence-corrected chi connectivity index (χ1v) is 7.71. The van der Waals surface area contributed by atoms with Gasteiger partial charge in [-0.15, -0.1) is 0 Å². The summed E-state index contributed by atoms with van der Waals surface area (Å²) in [6.45, 7) is 2.57. The number of benzene rings is 1. The van der Waals surface area contributed by atoms with Gasteiger partial charge < -0.3 is 14.1 Å². The highest BCUT2D eigenvalue weighted by Gasteiger charge is 2.20. The molecule has 0 spiro atoms. The van der Waals surface area contributed by atoms with Crippen molar-refractivity contribution in [2.75, 3.05) is 13.2 Å². The number of furan rings is 1. The van der Waals surface area contributed by atoms with Crippen LogP contribution in [0.5, 0.6) is 0 Å². The Morgan fingerprint density at radius 3 is 2.65 bits per heavy atom. The van der Waals surface area contributed by atoms with E-state index in [-0.39, 0.29) is 30.6 Å². The topological polar surface area (TPSA) is 59.8 Å². The molecule has 0 atom stereocenters. The van der Waals surface area contributed by atoms with Gasteiger partial charge in [-0.25, -0.2) is 0 Å². The average Bonchev–Trinajstić information content (AvgIpc) is 3.07. The molecule has 0 aliphatic carbocycles. The van der Waals surface area contributed by atoms with Crippen LogP contribution in [0.4, 0.5) is 0 Å². The number of hydrogen-bond donors (Lipinski definition) is 0. The number of carbonyl (C=O) groups excluding carboxylic acids is 2. The Balaban J connectivity index is 2.12. The normalized spacial score (nSPS) is 10.3. The van der Waals surface area contributed by atoms with Crippen LogP contribution >= 0.6 is 11.6 Å². The molecular formula is C17H18ClNO4. The maximum Gasteiger partial charge on any atom is 0.307 e. The van der Waals surface area contributed by atoms with Crippen LogP contribution in [0.3, 0.4) is 0 Å². The zero-order valence-electron chi connectivity index (χ0n) is 12.8. The number of nitrogens with zero attached hydrogens (tertiary/aromatic N) is 1. The van der Waals surface area contributed by atoms with E-state index in [0.717, 1.165) is 5.56 Å². The largest absolute Gasteiger partial charge is 0.466 e. The Bertz CT molecular complexity index is 654. The molecule has 1 aromatic heterocycles. The lowest BCUT2D eigenvalue weighted by Crippen LogP contribution is -2.32. The number of carbonyl (C=O) groups is 2. The van der Waals surface area contributed by atoms with Gasteiger partial charge in [0.05, 0.1) is 19.3 Å². The third-order valence-electron chi connectivity index (χ3n) is 3.23. The predicted octanol–water partition coefficient (Wildman–Crippen LogP) is 3.53. The highest BCUT2D eigenvalue weighted by Crippen LogP contribution is 2.19. The summed E-state index contributed by atoms with van der Waals surface area (Å²) in [5.74, 6) is -0.413. The third kappa shape index (κ3) is 4.86. The van der Waals surface area contributed by atoms with Gasteiger partial charge in [-0.3, -0.25) is 9.59 Å². The van der Waals surface area contributed by atoms with Gasteiger partial charge in [0.1, 0.15) is 0 Å². The van der Waals surface area contributed by atoms with Gasteiger partial charge in [0.2, 0.25) is 0 Å².